The summed E-state index contributed by atoms with van der Waals surface area (Å²) in [6.45, 7) is 0.516. The van der Waals surface area contributed by atoms with Gasteiger partial charge in [0.2, 0.25) is 0 Å². The van der Waals surface area contributed by atoms with Gasteiger partial charge in [0.15, 0.2) is 11.5 Å². The summed E-state index contributed by atoms with van der Waals surface area (Å²) >= 11 is 0. The molecule has 0 atom stereocenters. The summed E-state index contributed by atoms with van der Waals surface area (Å²) in [5.74, 6) is -0.155. The van der Waals surface area contributed by atoms with Crippen molar-refractivity contribution in [3.63, 3.8) is 0 Å². The molecular weight excluding hydrogens is 246 g/mol. The first-order chi connectivity index (χ1) is 8.49. The normalized spacial score (nSPS) is 10.9. The Kier molecular flexibility index (Phi) is 3.09. The highest BCUT2D eigenvalue weighted by Gasteiger charge is 2.17. The van der Waals surface area contributed by atoms with Crippen LogP contribution in [0.5, 0.6) is 0 Å². The molecule has 2 heterocycles. The van der Waals surface area contributed by atoms with Crippen LogP contribution < -0.4 is 5.32 Å². The molecule has 6 nitrogen and oxygen atoms in total. The Labute approximate surface area is 101 Å². The SMILES string of the molecule is Cc1noc(C)c1NC(=O)c1ccn(C(F)F)n1. The van der Waals surface area contributed by atoms with Crippen LogP contribution in [-0.4, -0.2) is 20.8 Å². The highest BCUT2D eigenvalue weighted by molar-refractivity contribution is 6.03. The molecule has 0 saturated carbocycles. The molecule has 2 aromatic heterocycles. The molecule has 0 radical (unpaired) electrons. The highest BCUT2D eigenvalue weighted by atomic mass is 19.3. The van der Waals surface area contributed by atoms with Crippen LogP contribution in [-0.2, 0) is 0 Å². The van der Waals surface area contributed by atoms with Gasteiger partial charge in [-0.05, 0) is 19.9 Å². The molecule has 0 unspecified atom stereocenters. The summed E-state index contributed by atoms with van der Waals surface area (Å²) in [5, 5.41) is 9.63. The third-order valence-corrected chi connectivity index (χ3v) is 2.31. The molecule has 18 heavy (non-hydrogen) atoms. The fraction of sp³-hybridized carbons (Fsp3) is 0.300. The molecule has 8 heteroatoms. The van der Waals surface area contributed by atoms with E-state index in [1.807, 2.05) is 0 Å². The van der Waals surface area contributed by atoms with E-state index in [1.54, 1.807) is 13.8 Å². The van der Waals surface area contributed by atoms with Crippen molar-refractivity contribution in [1.29, 1.82) is 0 Å². The van der Waals surface area contributed by atoms with E-state index in [0.29, 0.717) is 21.8 Å². The van der Waals surface area contributed by atoms with Gasteiger partial charge >= 0.3 is 6.55 Å². The molecule has 0 aliphatic carbocycles. The second-order valence-electron chi connectivity index (χ2n) is 3.61. The maximum atomic E-state index is 12.3. The molecule has 0 saturated heterocycles. The molecule has 2 rings (SSSR count). The number of alkyl halides is 2. The van der Waals surface area contributed by atoms with Crippen LogP contribution in [0, 0.1) is 13.8 Å². The van der Waals surface area contributed by atoms with Gasteiger partial charge in [0.1, 0.15) is 11.4 Å². The van der Waals surface area contributed by atoms with Crippen molar-refractivity contribution in [2.45, 2.75) is 20.4 Å². The minimum atomic E-state index is -2.77. The summed E-state index contributed by atoms with van der Waals surface area (Å²) in [5.41, 5.74) is 0.830. The zero-order valence-electron chi connectivity index (χ0n) is 9.65. The molecule has 0 spiro atoms. The van der Waals surface area contributed by atoms with Crippen molar-refractivity contribution in [1.82, 2.24) is 14.9 Å². The van der Waals surface area contributed by atoms with E-state index >= 15 is 0 Å². The second kappa shape index (κ2) is 4.55. The third kappa shape index (κ3) is 2.22. The largest absolute Gasteiger partial charge is 0.359 e. The van der Waals surface area contributed by atoms with Gasteiger partial charge in [-0.3, -0.25) is 4.79 Å². The van der Waals surface area contributed by atoms with Crippen molar-refractivity contribution in [3.8, 4) is 0 Å². The molecule has 0 aromatic carbocycles. The number of hydrogen-bond acceptors (Lipinski definition) is 4. The fourth-order valence-corrected chi connectivity index (χ4v) is 1.41. The molecular formula is C10H10F2N4O2. The van der Waals surface area contributed by atoms with E-state index in [4.69, 9.17) is 4.52 Å². The number of hydrogen-bond donors (Lipinski definition) is 1. The maximum Gasteiger partial charge on any atom is 0.333 e. The van der Waals surface area contributed by atoms with E-state index in [1.165, 1.54) is 6.07 Å². The van der Waals surface area contributed by atoms with E-state index in [9.17, 15) is 13.6 Å². The minimum absolute atomic E-state index is 0.102. The number of amides is 1. The van der Waals surface area contributed by atoms with Crippen LogP contribution in [0.3, 0.4) is 0 Å². The zero-order chi connectivity index (χ0) is 13.3. The number of rotatable bonds is 3. The van der Waals surface area contributed by atoms with Gasteiger partial charge in [-0.15, -0.1) is 0 Å². The Bertz CT molecular complexity index is 557. The van der Waals surface area contributed by atoms with Crippen LogP contribution in [0.25, 0.3) is 0 Å². The third-order valence-electron chi connectivity index (χ3n) is 2.31. The number of anilines is 1. The summed E-state index contributed by atoms with van der Waals surface area (Å²) in [6.07, 6.45) is 1.03. The van der Waals surface area contributed by atoms with Gasteiger partial charge in [0.05, 0.1) is 0 Å². The summed E-state index contributed by atoms with van der Waals surface area (Å²) in [4.78, 5) is 11.8. The number of carbonyl (C=O) groups is 1. The van der Waals surface area contributed by atoms with E-state index in [0.717, 1.165) is 6.20 Å². The second-order valence-corrected chi connectivity index (χ2v) is 3.61. The minimum Gasteiger partial charge on any atom is -0.359 e. The lowest BCUT2D eigenvalue weighted by atomic mass is 10.3. The van der Waals surface area contributed by atoms with Crippen LogP contribution >= 0.6 is 0 Å². The lowest BCUT2D eigenvalue weighted by molar-refractivity contribution is 0.0561. The standard InChI is InChI=1S/C10H10F2N4O2/c1-5-8(6(2)18-15-5)13-9(17)7-3-4-16(14-7)10(11)12/h3-4,10H,1-2H3,(H,13,17). The van der Waals surface area contributed by atoms with Gasteiger partial charge in [-0.2, -0.15) is 13.9 Å². The van der Waals surface area contributed by atoms with Gasteiger partial charge in [0, 0.05) is 6.20 Å². The smallest absolute Gasteiger partial charge is 0.333 e. The summed E-state index contributed by atoms with van der Waals surface area (Å²) in [6, 6.07) is 1.21. The number of aromatic nitrogens is 3. The van der Waals surface area contributed by atoms with E-state index < -0.39 is 12.5 Å². The molecule has 0 aliphatic heterocycles. The van der Waals surface area contributed by atoms with Gasteiger partial charge in [-0.1, -0.05) is 5.16 Å². The van der Waals surface area contributed by atoms with Crippen LogP contribution in [0.4, 0.5) is 14.5 Å². The fourth-order valence-electron chi connectivity index (χ4n) is 1.41. The Balaban J connectivity index is 2.17. The Morgan fingerprint density at radius 2 is 2.22 bits per heavy atom. The molecule has 2 aromatic rings. The lowest BCUT2D eigenvalue weighted by Gasteiger charge is -2.01. The Morgan fingerprint density at radius 1 is 1.50 bits per heavy atom. The monoisotopic (exact) mass is 256 g/mol. The number of carbonyl (C=O) groups excluding carboxylic acids is 1. The van der Waals surface area contributed by atoms with E-state index in [2.05, 4.69) is 15.6 Å². The maximum absolute atomic E-state index is 12.3. The molecule has 0 fully saturated rings. The average molecular weight is 256 g/mol. The van der Waals surface area contributed by atoms with Gasteiger partial charge in [0.25, 0.3) is 5.91 Å². The van der Waals surface area contributed by atoms with Crippen LogP contribution in [0.2, 0.25) is 0 Å². The number of aryl methyl sites for hydroxylation is 2. The van der Waals surface area contributed by atoms with Crippen molar-refractivity contribution in [2.24, 2.45) is 0 Å². The number of nitrogens with one attached hydrogen (secondary N) is 1. The molecule has 1 N–H and O–H groups in total. The predicted octanol–water partition coefficient (Wildman–Crippen LogP) is 2.14. The molecule has 0 bridgehead atoms. The van der Waals surface area contributed by atoms with Crippen molar-refractivity contribution >= 4 is 11.6 Å². The van der Waals surface area contributed by atoms with Crippen LogP contribution in [0.1, 0.15) is 28.5 Å². The van der Waals surface area contributed by atoms with Crippen molar-refractivity contribution in [3.05, 3.63) is 29.4 Å². The first kappa shape index (κ1) is 12.2. The number of nitrogens with zero attached hydrogens (tertiary/aromatic N) is 3. The van der Waals surface area contributed by atoms with Gasteiger partial charge < -0.3 is 9.84 Å². The Hall–Kier alpha value is -2.25. The zero-order valence-corrected chi connectivity index (χ0v) is 9.65. The summed E-state index contributed by atoms with van der Waals surface area (Å²) in [7, 11) is 0. The highest BCUT2D eigenvalue weighted by Crippen LogP contribution is 2.19. The quantitative estimate of drug-likeness (QED) is 0.913. The summed E-state index contributed by atoms with van der Waals surface area (Å²) < 4.78 is 29.9. The molecule has 96 valence electrons. The number of halogens is 2. The van der Waals surface area contributed by atoms with Crippen molar-refractivity contribution < 1.29 is 18.1 Å². The average Bonchev–Trinajstić information content (AvgIpc) is 2.91. The van der Waals surface area contributed by atoms with E-state index in [-0.39, 0.29) is 5.69 Å². The first-order valence-corrected chi connectivity index (χ1v) is 5.06. The molecule has 0 aliphatic rings. The first-order valence-electron chi connectivity index (χ1n) is 5.06. The Morgan fingerprint density at radius 3 is 2.72 bits per heavy atom. The topological polar surface area (TPSA) is 73.0 Å². The van der Waals surface area contributed by atoms with Crippen LogP contribution in [0.15, 0.2) is 16.8 Å². The lowest BCUT2D eigenvalue weighted by Crippen LogP contribution is -2.14. The molecule has 1 amide bonds. The van der Waals surface area contributed by atoms with Crippen molar-refractivity contribution in [2.75, 3.05) is 5.32 Å². The van der Waals surface area contributed by atoms with Gasteiger partial charge in [-0.25, -0.2) is 4.68 Å². The predicted molar refractivity (Wildman–Crippen MR) is 57.4 cm³/mol.